The highest BCUT2D eigenvalue weighted by Gasteiger charge is 1.88. The van der Waals surface area contributed by atoms with Crippen LogP contribution < -0.4 is 0 Å². The Balaban J connectivity index is 0. The minimum absolute atomic E-state index is 0.591. The molecule has 0 aliphatic rings. The van der Waals surface area contributed by atoms with Crippen LogP contribution in [0, 0.1) is 0 Å². The standard InChI is InChI=1S/C9H7N3O.2C2H6/c10-12-11-9(13)7-6-8-4-2-1-3-5-8;2*1-2/h1-7H;2*1-2H3/b7-6+;;. The van der Waals surface area contributed by atoms with Crippen LogP contribution in [0.3, 0.4) is 0 Å². The smallest absolute Gasteiger partial charge is 0.242 e. The summed E-state index contributed by atoms with van der Waals surface area (Å²) in [5.74, 6) is -0.591. The summed E-state index contributed by atoms with van der Waals surface area (Å²) in [5, 5.41) is 2.89. The topological polar surface area (TPSA) is 65.8 Å². The summed E-state index contributed by atoms with van der Waals surface area (Å²) < 4.78 is 0. The molecule has 0 aliphatic heterocycles. The Labute approximate surface area is 103 Å². The molecule has 4 heteroatoms. The van der Waals surface area contributed by atoms with Crippen molar-refractivity contribution >= 4 is 12.0 Å². The fourth-order valence-electron chi connectivity index (χ4n) is 0.809. The maximum atomic E-state index is 10.7. The molecule has 0 bridgehead atoms. The first-order valence-electron chi connectivity index (χ1n) is 5.65. The number of azide groups is 1. The first-order valence-corrected chi connectivity index (χ1v) is 5.65. The summed E-state index contributed by atoms with van der Waals surface area (Å²) in [6.07, 6.45) is 2.83. The van der Waals surface area contributed by atoms with Gasteiger partial charge in [-0.25, -0.2) is 0 Å². The minimum Gasteiger partial charge on any atom is -0.288 e. The Kier molecular flexibility index (Phi) is 14.2. The van der Waals surface area contributed by atoms with Crippen LogP contribution in [-0.2, 0) is 4.79 Å². The van der Waals surface area contributed by atoms with Gasteiger partial charge in [-0.1, -0.05) is 64.1 Å². The van der Waals surface area contributed by atoms with E-state index < -0.39 is 5.91 Å². The van der Waals surface area contributed by atoms with E-state index in [1.165, 1.54) is 6.08 Å². The lowest BCUT2D eigenvalue weighted by molar-refractivity contribution is -0.113. The van der Waals surface area contributed by atoms with Crippen molar-refractivity contribution in [1.82, 2.24) is 0 Å². The van der Waals surface area contributed by atoms with Gasteiger partial charge in [0.2, 0.25) is 5.91 Å². The van der Waals surface area contributed by atoms with E-state index in [1.54, 1.807) is 6.08 Å². The molecular formula is C13H19N3O. The molecule has 0 heterocycles. The summed E-state index contributed by atoms with van der Waals surface area (Å²) in [4.78, 5) is 13.1. The Morgan fingerprint density at radius 2 is 1.71 bits per heavy atom. The fraction of sp³-hybridized carbons (Fsp3) is 0.308. The van der Waals surface area contributed by atoms with Gasteiger partial charge in [-0.3, -0.25) is 4.79 Å². The predicted molar refractivity (Wildman–Crippen MR) is 72.3 cm³/mol. The quantitative estimate of drug-likeness (QED) is 0.319. The number of hydrogen-bond donors (Lipinski definition) is 0. The van der Waals surface area contributed by atoms with Crippen molar-refractivity contribution in [3.8, 4) is 0 Å². The highest BCUT2D eigenvalue weighted by Crippen LogP contribution is 2.00. The van der Waals surface area contributed by atoms with E-state index in [0.717, 1.165) is 5.56 Å². The van der Waals surface area contributed by atoms with Crippen molar-refractivity contribution in [3.63, 3.8) is 0 Å². The highest BCUT2D eigenvalue weighted by molar-refractivity contribution is 5.92. The summed E-state index contributed by atoms with van der Waals surface area (Å²) in [5.41, 5.74) is 8.83. The number of carbonyl (C=O) groups is 1. The van der Waals surface area contributed by atoms with Gasteiger partial charge in [0.05, 0.1) is 0 Å². The molecule has 0 saturated carbocycles. The number of carbonyl (C=O) groups excluding carboxylic acids is 1. The van der Waals surface area contributed by atoms with Crippen LogP contribution in [0.25, 0.3) is 16.5 Å². The van der Waals surface area contributed by atoms with Gasteiger partial charge in [0.1, 0.15) is 0 Å². The molecule has 1 amide bonds. The van der Waals surface area contributed by atoms with Crippen LogP contribution in [0.2, 0.25) is 0 Å². The second-order valence-electron chi connectivity index (χ2n) is 2.27. The van der Waals surface area contributed by atoms with E-state index in [9.17, 15) is 4.79 Å². The van der Waals surface area contributed by atoms with Crippen LogP contribution >= 0.6 is 0 Å². The Hall–Kier alpha value is -2.06. The van der Waals surface area contributed by atoms with Crippen molar-refractivity contribution in [3.05, 3.63) is 52.4 Å². The summed E-state index contributed by atoms with van der Waals surface area (Å²) in [6, 6.07) is 9.29. The molecule has 0 N–H and O–H groups in total. The third kappa shape index (κ3) is 10.2. The second-order valence-corrected chi connectivity index (χ2v) is 2.27. The molecule has 0 spiro atoms. The van der Waals surface area contributed by atoms with Gasteiger partial charge in [0, 0.05) is 4.91 Å². The van der Waals surface area contributed by atoms with Gasteiger partial charge in [0.15, 0.2) is 0 Å². The lowest BCUT2D eigenvalue weighted by Gasteiger charge is -1.88. The van der Waals surface area contributed by atoms with Crippen LogP contribution in [0.15, 0.2) is 41.5 Å². The van der Waals surface area contributed by atoms with Crippen molar-refractivity contribution < 1.29 is 4.79 Å². The molecule has 1 aromatic rings. The maximum Gasteiger partial charge on any atom is 0.242 e. The van der Waals surface area contributed by atoms with E-state index in [0.29, 0.717) is 0 Å². The predicted octanol–water partition coefficient (Wildman–Crippen LogP) is 4.59. The number of amides is 1. The Morgan fingerprint density at radius 1 is 1.18 bits per heavy atom. The minimum atomic E-state index is -0.591. The number of hydrogen-bond acceptors (Lipinski definition) is 1. The number of nitrogens with zero attached hydrogens (tertiary/aromatic N) is 3. The molecule has 0 atom stereocenters. The molecule has 1 aromatic carbocycles. The Morgan fingerprint density at radius 3 is 2.18 bits per heavy atom. The van der Waals surface area contributed by atoms with Gasteiger partial charge < -0.3 is 0 Å². The van der Waals surface area contributed by atoms with Crippen molar-refractivity contribution in [1.29, 1.82) is 0 Å². The van der Waals surface area contributed by atoms with Gasteiger partial charge in [0.25, 0.3) is 0 Å². The SMILES string of the molecule is CC.CC.[N-]=[N+]=NC(=O)/C=C/c1ccccc1. The van der Waals surface area contributed by atoms with Gasteiger partial charge in [-0.2, -0.15) is 0 Å². The molecule has 0 fully saturated rings. The van der Waals surface area contributed by atoms with Crippen LogP contribution in [-0.4, -0.2) is 5.91 Å². The van der Waals surface area contributed by atoms with Crippen molar-refractivity contribution in [2.75, 3.05) is 0 Å². The second kappa shape index (κ2) is 13.9. The zero-order valence-corrected chi connectivity index (χ0v) is 10.8. The van der Waals surface area contributed by atoms with Crippen molar-refractivity contribution in [2.24, 2.45) is 5.11 Å². The largest absolute Gasteiger partial charge is 0.288 e. The molecule has 0 saturated heterocycles. The number of rotatable bonds is 2. The third-order valence-electron chi connectivity index (χ3n) is 1.36. The fourth-order valence-corrected chi connectivity index (χ4v) is 0.809. The summed E-state index contributed by atoms with van der Waals surface area (Å²) >= 11 is 0. The maximum absolute atomic E-state index is 10.7. The zero-order valence-electron chi connectivity index (χ0n) is 10.8. The highest BCUT2D eigenvalue weighted by atomic mass is 16.1. The first-order chi connectivity index (χ1) is 8.33. The lowest BCUT2D eigenvalue weighted by Crippen LogP contribution is -1.81. The average molecular weight is 233 g/mol. The van der Waals surface area contributed by atoms with E-state index in [2.05, 4.69) is 10.0 Å². The molecule has 92 valence electrons. The molecule has 0 aliphatic carbocycles. The Bertz CT molecular complexity index is 366. The molecule has 0 aromatic heterocycles. The summed E-state index contributed by atoms with van der Waals surface area (Å²) in [6.45, 7) is 8.00. The molecule has 4 nitrogen and oxygen atoms in total. The van der Waals surface area contributed by atoms with E-state index in [-0.39, 0.29) is 0 Å². The van der Waals surface area contributed by atoms with Crippen LogP contribution in [0.1, 0.15) is 33.3 Å². The third-order valence-corrected chi connectivity index (χ3v) is 1.36. The zero-order chi connectivity index (χ0) is 13.5. The molecule has 1 rings (SSSR count). The summed E-state index contributed by atoms with van der Waals surface area (Å²) in [7, 11) is 0. The lowest BCUT2D eigenvalue weighted by atomic mass is 10.2. The van der Waals surface area contributed by atoms with Crippen molar-refractivity contribution in [2.45, 2.75) is 27.7 Å². The first kappa shape index (κ1) is 17.3. The van der Waals surface area contributed by atoms with Crippen LogP contribution in [0.5, 0.6) is 0 Å². The van der Waals surface area contributed by atoms with Gasteiger partial charge in [-0.15, -0.1) is 0 Å². The molecule has 17 heavy (non-hydrogen) atoms. The van der Waals surface area contributed by atoms with E-state index >= 15 is 0 Å². The van der Waals surface area contributed by atoms with E-state index in [1.807, 2.05) is 58.0 Å². The monoisotopic (exact) mass is 233 g/mol. The van der Waals surface area contributed by atoms with E-state index in [4.69, 9.17) is 5.53 Å². The van der Waals surface area contributed by atoms with Crippen LogP contribution in [0.4, 0.5) is 0 Å². The number of benzene rings is 1. The molecule has 0 radical (unpaired) electrons. The average Bonchev–Trinajstić information content (AvgIpc) is 2.43. The van der Waals surface area contributed by atoms with Gasteiger partial charge >= 0.3 is 0 Å². The van der Waals surface area contributed by atoms with Gasteiger partial charge in [-0.05, 0) is 22.3 Å². The normalized spacial score (nSPS) is 8.00. The molecular weight excluding hydrogens is 214 g/mol. The molecule has 0 unspecified atom stereocenters.